The fraction of sp³-hybridized carbons (Fsp3) is 0.250. The minimum Gasteiger partial charge on any atom is -0.508 e. The zero-order valence-corrected chi connectivity index (χ0v) is 24.5. The van der Waals surface area contributed by atoms with Crippen LogP contribution in [0.2, 0.25) is 0 Å². The maximum Gasteiger partial charge on any atom is 0.341 e. The molecule has 2 aromatic heterocycles. The van der Waals surface area contributed by atoms with Gasteiger partial charge in [0.1, 0.15) is 17.1 Å². The van der Waals surface area contributed by atoms with Gasteiger partial charge in [0.2, 0.25) is 10.2 Å². The molecule has 1 saturated carbocycles. The second-order valence-corrected chi connectivity index (χ2v) is 11.6. The van der Waals surface area contributed by atoms with E-state index in [0.29, 0.717) is 54.6 Å². The fourth-order valence-electron chi connectivity index (χ4n) is 5.83. The number of aromatic nitrogens is 4. The van der Waals surface area contributed by atoms with E-state index < -0.39 is 17.2 Å². The smallest absolute Gasteiger partial charge is 0.341 e. The molecule has 1 saturated heterocycles. The van der Waals surface area contributed by atoms with E-state index in [1.165, 1.54) is 12.3 Å². The van der Waals surface area contributed by atoms with Crippen LogP contribution in [0.5, 0.6) is 5.75 Å². The molecule has 7 rings (SSSR count). The lowest BCUT2D eigenvalue weighted by atomic mass is 10.1. The van der Waals surface area contributed by atoms with Gasteiger partial charge in [-0.05, 0) is 73.6 Å². The van der Waals surface area contributed by atoms with E-state index in [2.05, 4.69) is 4.90 Å². The van der Waals surface area contributed by atoms with Gasteiger partial charge in [-0.3, -0.25) is 14.3 Å². The Balaban J connectivity index is 1.15. The topological polar surface area (TPSA) is 109 Å². The van der Waals surface area contributed by atoms with Crippen LogP contribution in [-0.4, -0.2) is 66.2 Å². The molecular formula is C32H29FN6O4S. The number of rotatable bonds is 7. The molecule has 3 aromatic carbocycles. The quantitative estimate of drug-likeness (QED) is 0.246. The summed E-state index contributed by atoms with van der Waals surface area (Å²) in [6.45, 7) is 2.78. The third-order valence-corrected chi connectivity index (χ3v) is 8.69. The van der Waals surface area contributed by atoms with Crippen LogP contribution < -0.4 is 10.3 Å². The number of fused-ring (bicyclic) bond motifs is 1. The van der Waals surface area contributed by atoms with E-state index in [-0.39, 0.29) is 22.7 Å². The molecule has 3 heterocycles. The third-order valence-electron chi connectivity index (χ3n) is 8.30. The van der Waals surface area contributed by atoms with Crippen molar-refractivity contribution in [2.45, 2.75) is 25.6 Å². The summed E-state index contributed by atoms with van der Waals surface area (Å²) in [4.78, 5) is 28.7. The molecule has 1 aliphatic heterocycles. The maximum atomic E-state index is 15.5. The third kappa shape index (κ3) is 5.05. The number of benzene rings is 3. The number of hydrogen-bond acceptors (Lipinski definition) is 7. The molecule has 0 atom stereocenters. The minimum atomic E-state index is -1.31. The van der Waals surface area contributed by atoms with Gasteiger partial charge >= 0.3 is 5.97 Å². The standard InChI is InChI=1S/C32H29FN6O4S/c33-26-16-24-27(37(21-8-9-21)18-25(29(24)41)31(42)43)17-28(26)36-14-12-35(13-15-36)19-38-32(44)39(22-4-2-1-3-5-22)30(34-38)20-6-10-23(40)11-7-20/h1-7,10-11,16-18,21,40H,8-9,12-15,19H2,(H,42,43). The summed E-state index contributed by atoms with van der Waals surface area (Å²) in [6, 6.07) is 19.6. The lowest BCUT2D eigenvalue weighted by Gasteiger charge is -2.36. The molecule has 2 N–H and O–H groups in total. The van der Waals surface area contributed by atoms with Crippen molar-refractivity contribution in [3.05, 3.63) is 99.3 Å². The van der Waals surface area contributed by atoms with Crippen LogP contribution in [0.25, 0.3) is 28.0 Å². The predicted molar refractivity (Wildman–Crippen MR) is 167 cm³/mol. The van der Waals surface area contributed by atoms with Crippen molar-refractivity contribution in [2.24, 2.45) is 0 Å². The maximum absolute atomic E-state index is 15.5. The molecule has 10 nitrogen and oxygen atoms in total. The highest BCUT2D eigenvalue weighted by atomic mass is 32.1. The fourth-order valence-corrected chi connectivity index (χ4v) is 6.13. The number of aromatic carboxylic acids is 1. The van der Waals surface area contributed by atoms with Gasteiger partial charge in [0, 0.05) is 55.1 Å². The van der Waals surface area contributed by atoms with Crippen LogP contribution in [0.3, 0.4) is 0 Å². The van der Waals surface area contributed by atoms with Gasteiger partial charge in [0.15, 0.2) is 5.82 Å². The first-order valence-corrected chi connectivity index (χ1v) is 14.8. The highest BCUT2D eigenvalue weighted by molar-refractivity contribution is 7.71. The monoisotopic (exact) mass is 612 g/mol. The zero-order valence-electron chi connectivity index (χ0n) is 23.6. The summed E-state index contributed by atoms with van der Waals surface area (Å²) in [7, 11) is 0. The highest BCUT2D eigenvalue weighted by Crippen LogP contribution is 2.38. The van der Waals surface area contributed by atoms with Crippen molar-refractivity contribution >= 4 is 34.8 Å². The number of carbonyl (C=O) groups is 1. The molecule has 1 aliphatic carbocycles. The summed E-state index contributed by atoms with van der Waals surface area (Å²) in [6.07, 6.45) is 3.17. The van der Waals surface area contributed by atoms with E-state index >= 15 is 4.39 Å². The zero-order chi connectivity index (χ0) is 30.5. The first-order valence-electron chi connectivity index (χ1n) is 14.4. The largest absolute Gasteiger partial charge is 0.508 e. The number of aromatic hydroxyl groups is 1. The van der Waals surface area contributed by atoms with Gasteiger partial charge in [-0.15, -0.1) is 5.10 Å². The minimum absolute atomic E-state index is 0.0875. The summed E-state index contributed by atoms with van der Waals surface area (Å²) in [5.41, 5.74) is 1.64. The summed E-state index contributed by atoms with van der Waals surface area (Å²) in [5, 5.41) is 24.3. The molecule has 0 spiro atoms. The Morgan fingerprint density at radius 1 is 1.00 bits per heavy atom. The number of para-hydroxylation sites is 1. The number of anilines is 1. The van der Waals surface area contributed by atoms with Crippen molar-refractivity contribution < 1.29 is 19.4 Å². The number of halogens is 1. The molecule has 12 heteroatoms. The van der Waals surface area contributed by atoms with E-state index in [4.69, 9.17) is 17.3 Å². The summed E-state index contributed by atoms with van der Waals surface area (Å²) in [5.74, 6) is -1.03. The molecular weight excluding hydrogens is 583 g/mol. The number of piperazine rings is 1. The highest BCUT2D eigenvalue weighted by Gasteiger charge is 2.29. The number of carboxylic acid groups (broad SMARTS) is 1. The van der Waals surface area contributed by atoms with Crippen molar-refractivity contribution in [3.8, 4) is 22.8 Å². The molecule has 224 valence electrons. The van der Waals surface area contributed by atoms with Crippen molar-refractivity contribution in [3.63, 3.8) is 0 Å². The number of nitrogens with zero attached hydrogens (tertiary/aromatic N) is 6. The van der Waals surface area contributed by atoms with Crippen LogP contribution in [-0.2, 0) is 6.67 Å². The number of pyridine rings is 1. The molecule has 2 fully saturated rings. The Morgan fingerprint density at radius 2 is 1.70 bits per heavy atom. The molecule has 0 unspecified atom stereocenters. The lowest BCUT2D eigenvalue weighted by Crippen LogP contribution is -2.47. The molecule has 5 aromatic rings. The lowest BCUT2D eigenvalue weighted by molar-refractivity contribution is 0.0695. The van der Waals surface area contributed by atoms with E-state index in [0.717, 1.165) is 24.1 Å². The van der Waals surface area contributed by atoms with Crippen LogP contribution in [0.15, 0.2) is 77.7 Å². The molecule has 0 bridgehead atoms. The van der Waals surface area contributed by atoms with E-state index in [1.54, 1.807) is 35.0 Å². The molecule has 44 heavy (non-hydrogen) atoms. The first kappa shape index (κ1) is 28.0. The Bertz CT molecular complexity index is 2010. The number of phenolic OH excluding ortho intramolecular Hbond substituents is 1. The van der Waals surface area contributed by atoms with Gasteiger partial charge in [-0.2, -0.15) is 0 Å². The Labute approximate surface area is 256 Å². The average molecular weight is 613 g/mol. The normalized spacial score (nSPS) is 15.6. The second kappa shape index (κ2) is 11.0. The SMILES string of the molecule is O=C(O)c1cn(C2CC2)c2cc(N3CCN(Cn4nc(-c5ccc(O)cc5)n(-c5ccccc5)c4=S)CC3)c(F)cc2c1=O. The van der Waals surface area contributed by atoms with Crippen molar-refractivity contribution in [2.75, 3.05) is 31.1 Å². The van der Waals surface area contributed by atoms with Crippen LogP contribution in [0.1, 0.15) is 29.2 Å². The number of carboxylic acids is 1. The van der Waals surface area contributed by atoms with Gasteiger partial charge in [-0.1, -0.05) is 18.2 Å². The average Bonchev–Trinajstić information content (AvgIpc) is 3.82. The first-order chi connectivity index (χ1) is 21.3. The molecule has 2 aliphatic rings. The van der Waals surface area contributed by atoms with Crippen LogP contribution in [0.4, 0.5) is 10.1 Å². The molecule has 0 amide bonds. The van der Waals surface area contributed by atoms with Crippen molar-refractivity contribution in [1.29, 1.82) is 0 Å². The molecule has 0 radical (unpaired) electrons. The van der Waals surface area contributed by atoms with Gasteiger partial charge < -0.3 is 19.7 Å². The van der Waals surface area contributed by atoms with Gasteiger partial charge in [-0.25, -0.2) is 13.9 Å². The van der Waals surface area contributed by atoms with Crippen LogP contribution >= 0.6 is 12.2 Å². The van der Waals surface area contributed by atoms with Crippen molar-refractivity contribution in [1.82, 2.24) is 23.8 Å². The summed E-state index contributed by atoms with van der Waals surface area (Å²) < 4.78 is 21.5. The van der Waals surface area contributed by atoms with Gasteiger partial charge in [0.05, 0.1) is 17.9 Å². The number of hydrogen-bond donors (Lipinski definition) is 2. The Kier molecular flexibility index (Phi) is 7.02. The van der Waals surface area contributed by atoms with Gasteiger partial charge in [0.25, 0.3) is 0 Å². The van der Waals surface area contributed by atoms with E-state index in [9.17, 15) is 19.8 Å². The summed E-state index contributed by atoms with van der Waals surface area (Å²) >= 11 is 5.89. The predicted octanol–water partition coefficient (Wildman–Crippen LogP) is 5.04. The van der Waals surface area contributed by atoms with Crippen LogP contribution in [0, 0.1) is 10.6 Å². The second-order valence-electron chi connectivity index (χ2n) is 11.2. The number of phenols is 1. The Morgan fingerprint density at radius 3 is 2.36 bits per heavy atom. The Hall–Kier alpha value is -4.81. The van der Waals surface area contributed by atoms with E-state index in [1.807, 2.05) is 44.4 Å².